The first-order valence-corrected chi connectivity index (χ1v) is 21.5. The molecule has 3 aromatic rings. The predicted octanol–water partition coefficient (Wildman–Crippen LogP) is 12.0. The summed E-state index contributed by atoms with van der Waals surface area (Å²) in [6.45, 7) is 20.4. The van der Waals surface area contributed by atoms with E-state index in [0.29, 0.717) is 5.92 Å². The van der Waals surface area contributed by atoms with Crippen molar-refractivity contribution in [3.63, 3.8) is 0 Å². The van der Waals surface area contributed by atoms with Crippen LogP contribution >= 0.6 is 35.3 Å². The summed E-state index contributed by atoms with van der Waals surface area (Å²) in [4.78, 5) is 2.64. The molecule has 2 unspecified atom stereocenters. The summed E-state index contributed by atoms with van der Waals surface area (Å²) in [5.41, 5.74) is 8.57. The van der Waals surface area contributed by atoms with Crippen LogP contribution < -0.4 is 0 Å². The average Bonchev–Trinajstić information content (AvgIpc) is 3.28. The molecule has 2 atom stereocenters. The van der Waals surface area contributed by atoms with E-state index in [1.165, 1.54) is 39.6 Å². The Bertz CT molecular complexity index is 1400. The topological polar surface area (TPSA) is 3.24 Å². The molecule has 1 fully saturated rings. The van der Waals surface area contributed by atoms with E-state index in [9.17, 15) is 0 Å². The standard InChI is InChI=1S/C23H32N.C17H20BrN.2ClH.Ru/c1-6-18-12-11-13-19(7-2)21(18)24-17-23(5,16-22(24,3)4)20-14-9-8-10-15-20;1-14-8-4-5-9-15(14)12-19(2,3)13-16-10-6-7-11-17(16)18;;;/h8-12,14-15,17,19H,6-7,13,16H2,1-5H3;4-11H,1,12-13H2,2-3H3;2*1H;/q-1;;;;+4/p-2. The second-order valence-electron chi connectivity index (χ2n) is 13.9. The van der Waals surface area contributed by atoms with Gasteiger partial charge in [0.05, 0.1) is 20.6 Å². The van der Waals surface area contributed by atoms with Crippen molar-refractivity contribution in [2.24, 2.45) is 5.92 Å². The van der Waals surface area contributed by atoms with Crippen LogP contribution in [0.3, 0.4) is 0 Å². The Balaban J connectivity index is 0.000000236. The molecule has 0 saturated carbocycles. The van der Waals surface area contributed by atoms with E-state index in [1.54, 1.807) is 5.70 Å². The van der Waals surface area contributed by atoms with Crippen molar-refractivity contribution in [1.29, 1.82) is 0 Å². The number of hydrogen-bond acceptors (Lipinski definition) is 1. The van der Waals surface area contributed by atoms with Crippen LogP contribution in [0.5, 0.6) is 0 Å². The molecular weight excluding hydrogens is 760 g/mol. The Morgan fingerprint density at radius 1 is 0.913 bits per heavy atom. The third-order valence-electron chi connectivity index (χ3n) is 9.16. The van der Waals surface area contributed by atoms with Gasteiger partial charge in [-0.25, -0.2) is 6.54 Å². The number of benzene rings is 3. The Kier molecular flexibility index (Phi) is 15.0. The van der Waals surface area contributed by atoms with Gasteiger partial charge in [-0.2, -0.15) is 18.6 Å². The van der Waals surface area contributed by atoms with Crippen LogP contribution in [0, 0.1) is 19.4 Å². The number of halogens is 3. The van der Waals surface area contributed by atoms with Gasteiger partial charge >= 0.3 is 34.5 Å². The van der Waals surface area contributed by atoms with Crippen LogP contribution in [0.15, 0.2) is 107 Å². The van der Waals surface area contributed by atoms with Gasteiger partial charge < -0.3 is 9.38 Å². The van der Waals surface area contributed by atoms with Gasteiger partial charge in [-0.3, -0.25) is 0 Å². The SMILES string of the molecule is CCC1=C(N2[CH-]C(C)(c3ccccc3)CC2(C)C)C(CC)CC=C1.[CH2-]c1ccccc1C[N+](C)(C)Cc1ccccc1Br.[Cl][Ru+2][Cl]. The van der Waals surface area contributed by atoms with Gasteiger partial charge in [0, 0.05) is 15.6 Å². The first kappa shape index (κ1) is 38.9. The zero-order valence-corrected chi connectivity index (χ0v) is 33.5. The number of allylic oxidation sites excluding steroid dienone is 4. The van der Waals surface area contributed by atoms with Crippen LogP contribution in [0.25, 0.3) is 0 Å². The summed E-state index contributed by atoms with van der Waals surface area (Å²) in [6, 6.07) is 27.8. The number of nitrogens with zero attached hydrogens (tertiary/aromatic N) is 2. The Morgan fingerprint density at radius 3 is 2.07 bits per heavy atom. The zero-order chi connectivity index (χ0) is 34.0. The van der Waals surface area contributed by atoms with Crippen molar-refractivity contribution >= 4 is 35.3 Å². The summed E-state index contributed by atoms with van der Waals surface area (Å²) < 4.78 is 2.10. The molecule has 2 aliphatic rings. The minimum absolute atomic E-state index is 0.107. The summed E-state index contributed by atoms with van der Waals surface area (Å²) >= 11 is 3.28. The second-order valence-corrected chi connectivity index (χ2v) is 17.4. The van der Waals surface area contributed by atoms with Gasteiger partial charge in [0.15, 0.2) is 0 Å². The Hall–Kier alpha value is -1.55. The van der Waals surface area contributed by atoms with Crippen molar-refractivity contribution in [1.82, 2.24) is 4.90 Å². The van der Waals surface area contributed by atoms with Crippen LogP contribution in [-0.4, -0.2) is 29.0 Å². The fourth-order valence-corrected chi connectivity index (χ4v) is 7.45. The first-order chi connectivity index (χ1) is 21.8. The Labute approximate surface area is 304 Å². The molecule has 6 heteroatoms. The molecule has 1 aliphatic carbocycles. The van der Waals surface area contributed by atoms with E-state index in [2.05, 4.69) is 168 Å². The summed E-state index contributed by atoms with van der Waals surface area (Å²) in [5, 5.41) is 0. The molecule has 0 aromatic heterocycles. The predicted molar refractivity (Wildman–Crippen MR) is 200 cm³/mol. The Morgan fingerprint density at radius 2 is 1.48 bits per heavy atom. The zero-order valence-electron chi connectivity index (χ0n) is 28.6. The van der Waals surface area contributed by atoms with E-state index in [0.717, 1.165) is 36.0 Å². The second kappa shape index (κ2) is 17.7. The summed E-state index contributed by atoms with van der Waals surface area (Å²) in [7, 11) is 14.2. The van der Waals surface area contributed by atoms with Crippen molar-refractivity contribution in [3.05, 3.63) is 142 Å². The van der Waals surface area contributed by atoms with E-state index in [-0.39, 0.29) is 26.1 Å². The van der Waals surface area contributed by atoms with Crippen LogP contribution in [0.2, 0.25) is 0 Å². The fraction of sp³-hybridized carbons (Fsp3) is 0.400. The third kappa shape index (κ3) is 10.5. The molecule has 3 aromatic carbocycles. The molecule has 46 heavy (non-hydrogen) atoms. The maximum atomic E-state index is 4.85. The first-order valence-electron chi connectivity index (χ1n) is 16.2. The van der Waals surface area contributed by atoms with Crippen molar-refractivity contribution < 1.29 is 19.6 Å². The molecule has 0 amide bonds. The molecule has 0 bridgehead atoms. The average molecular weight is 813 g/mol. The van der Waals surface area contributed by atoms with E-state index in [4.69, 9.17) is 19.4 Å². The van der Waals surface area contributed by atoms with Gasteiger partial charge in [-0.1, -0.05) is 115 Å². The number of hydrogen-bond donors (Lipinski definition) is 0. The van der Waals surface area contributed by atoms with Gasteiger partial charge in [-0.15, -0.1) is 17.5 Å². The molecule has 5 rings (SSSR count). The number of quaternary nitrogens is 1. The molecule has 1 heterocycles. The molecular formula is C40H52BrCl2N2Ru+. The third-order valence-corrected chi connectivity index (χ3v) is 9.93. The molecule has 0 N–H and O–H groups in total. The van der Waals surface area contributed by atoms with E-state index >= 15 is 0 Å². The molecule has 250 valence electrons. The van der Waals surface area contributed by atoms with Gasteiger partial charge in [0.25, 0.3) is 0 Å². The normalized spacial score (nSPS) is 20.5. The van der Waals surface area contributed by atoms with Gasteiger partial charge in [0.1, 0.15) is 6.54 Å². The van der Waals surface area contributed by atoms with Gasteiger partial charge in [0.2, 0.25) is 0 Å². The van der Waals surface area contributed by atoms with Crippen molar-refractivity contribution in [3.8, 4) is 0 Å². The van der Waals surface area contributed by atoms with Crippen LogP contribution in [-0.2, 0) is 33.6 Å². The molecule has 0 radical (unpaired) electrons. The molecule has 1 aliphatic heterocycles. The van der Waals surface area contributed by atoms with E-state index in [1.807, 2.05) is 6.07 Å². The molecule has 2 nitrogen and oxygen atoms in total. The molecule has 1 saturated heterocycles. The fourth-order valence-electron chi connectivity index (χ4n) is 7.04. The molecule has 0 spiro atoms. The van der Waals surface area contributed by atoms with Gasteiger partial charge in [-0.05, 0) is 62.8 Å². The summed E-state index contributed by atoms with van der Waals surface area (Å²) in [5.74, 6) is 0.651. The number of likely N-dealkylation sites (tertiary alicyclic amines) is 1. The van der Waals surface area contributed by atoms with Crippen molar-refractivity contribution in [2.45, 2.75) is 84.3 Å². The number of rotatable bonds is 8. The minimum atomic E-state index is -0.346. The summed E-state index contributed by atoms with van der Waals surface area (Å²) in [6.07, 6.45) is 9.40. The monoisotopic (exact) mass is 811 g/mol. The van der Waals surface area contributed by atoms with E-state index < -0.39 is 0 Å². The van der Waals surface area contributed by atoms with Crippen molar-refractivity contribution in [2.75, 3.05) is 14.1 Å². The van der Waals surface area contributed by atoms with Crippen LogP contribution in [0.4, 0.5) is 0 Å². The quantitative estimate of drug-likeness (QED) is 0.124. The van der Waals surface area contributed by atoms with Crippen LogP contribution in [0.1, 0.15) is 82.6 Å². The maximum absolute atomic E-state index is 4.85.